The zero-order chi connectivity index (χ0) is 11.4. The van der Waals surface area contributed by atoms with Crippen LogP contribution in [0.5, 0.6) is 0 Å². The van der Waals surface area contributed by atoms with E-state index in [1.54, 1.807) is 0 Å². The van der Waals surface area contributed by atoms with Crippen LogP contribution in [0.4, 0.5) is 0 Å². The van der Waals surface area contributed by atoms with E-state index in [0.29, 0.717) is 6.54 Å². The van der Waals surface area contributed by atoms with Crippen molar-refractivity contribution < 1.29 is 4.74 Å². The van der Waals surface area contributed by atoms with E-state index in [1.807, 2.05) is 19.9 Å². The van der Waals surface area contributed by atoms with Gasteiger partial charge in [-0.3, -0.25) is 0 Å². The topological polar surface area (TPSA) is 35.2 Å². The van der Waals surface area contributed by atoms with Gasteiger partial charge in [-0.1, -0.05) is 28.1 Å². The molecule has 0 radical (unpaired) electrons. The SMILES string of the molecule is Cc1cc(C(CN)OC(C)C)ccc1Br. The highest BCUT2D eigenvalue weighted by Gasteiger charge is 2.12. The van der Waals surface area contributed by atoms with Crippen molar-refractivity contribution in [3.8, 4) is 0 Å². The smallest absolute Gasteiger partial charge is 0.0950 e. The van der Waals surface area contributed by atoms with Gasteiger partial charge in [-0.05, 0) is 38.0 Å². The molecule has 1 unspecified atom stereocenters. The summed E-state index contributed by atoms with van der Waals surface area (Å²) in [5.41, 5.74) is 8.06. The molecule has 0 bridgehead atoms. The summed E-state index contributed by atoms with van der Waals surface area (Å²) in [4.78, 5) is 0. The van der Waals surface area contributed by atoms with E-state index in [-0.39, 0.29) is 12.2 Å². The van der Waals surface area contributed by atoms with Gasteiger partial charge in [0.1, 0.15) is 0 Å². The van der Waals surface area contributed by atoms with Crippen molar-refractivity contribution in [3.05, 3.63) is 33.8 Å². The first-order valence-corrected chi connectivity index (χ1v) is 5.95. The van der Waals surface area contributed by atoms with Crippen LogP contribution < -0.4 is 5.73 Å². The first kappa shape index (κ1) is 12.7. The zero-order valence-electron chi connectivity index (χ0n) is 9.46. The van der Waals surface area contributed by atoms with Gasteiger partial charge in [0.05, 0.1) is 12.2 Å². The van der Waals surface area contributed by atoms with Crippen molar-refractivity contribution in [2.24, 2.45) is 5.73 Å². The van der Waals surface area contributed by atoms with Crippen LogP contribution in [0.2, 0.25) is 0 Å². The van der Waals surface area contributed by atoms with Gasteiger partial charge in [-0.2, -0.15) is 0 Å². The normalized spacial score (nSPS) is 13.2. The largest absolute Gasteiger partial charge is 0.370 e. The summed E-state index contributed by atoms with van der Waals surface area (Å²) in [5, 5.41) is 0. The fraction of sp³-hybridized carbons (Fsp3) is 0.500. The van der Waals surface area contributed by atoms with E-state index in [4.69, 9.17) is 10.5 Å². The maximum atomic E-state index is 5.74. The average molecular weight is 272 g/mol. The second-order valence-electron chi connectivity index (χ2n) is 3.92. The van der Waals surface area contributed by atoms with Gasteiger partial charge >= 0.3 is 0 Å². The molecule has 0 saturated carbocycles. The van der Waals surface area contributed by atoms with E-state index >= 15 is 0 Å². The van der Waals surface area contributed by atoms with Gasteiger partial charge in [0.25, 0.3) is 0 Å². The highest BCUT2D eigenvalue weighted by atomic mass is 79.9. The molecule has 0 fully saturated rings. The molecule has 0 spiro atoms. The Morgan fingerprint density at radius 3 is 2.53 bits per heavy atom. The number of hydrogen-bond donors (Lipinski definition) is 1. The summed E-state index contributed by atoms with van der Waals surface area (Å²) < 4.78 is 6.86. The Balaban J connectivity index is 2.87. The molecular formula is C12H18BrNO. The van der Waals surface area contributed by atoms with E-state index in [2.05, 4.69) is 35.0 Å². The lowest BCUT2D eigenvalue weighted by molar-refractivity contribution is 0.0119. The van der Waals surface area contributed by atoms with Gasteiger partial charge in [-0.25, -0.2) is 0 Å². The predicted molar refractivity (Wildman–Crippen MR) is 66.9 cm³/mol. The summed E-state index contributed by atoms with van der Waals surface area (Å²) in [5.74, 6) is 0. The number of rotatable bonds is 4. The van der Waals surface area contributed by atoms with Gasteiger partial charge < -0.3 is 10.5 Å². The number of nitrogens with two attached hydrogens (primary N) is 1. The minimum atomic E-state index is -0.00296. The minimum Gasteiger partial charge on any atom is -0.370 e. The molecule has 0 aromatic heterocycles. The third-order valence-electron chi connectivity index (χ3n) is 2.20. The molecule has 2 N–H and O–H groups in total. The predicted octanol–water partition coefficient (Wildman–Crippen LogP) is 3.18. The van der Waals surface area contributed by atoms with Crippen LogP contribution in [0.3, 0.4) is 0 Å². The molecule has 0 heterocycles. The Hall–Kier alpha value is -0.380. The molecule has 0 saturated heterocycles. The lowest BCUT2D eigenvalue weighted by atomic mass is 10.1. The summed E-state index contributed by atoms with van der Waals surface area (Å²) >= 11 is 3.48. The molecule has 84 valence electrons. The van der Waals surface area contributed by atoms with E-state index in [0.717, 1.165) is 10.0 Å². The summed E-state index contributed by atoms with van der Waals surface area (Å²) in [6.45, 7) is 6.62. The van der Waals surface area contributed by atoms with E-state index in [1.165, 1.54) is 5.56 Å². The summed E-state index contributed by atoms with van der Waals surface area (Å²) in [6, 6.07) is 6.21. The lowest BCUT2D eigenvalue weighted by Gasteiger charge is -2.19. The van der Waals surface area contributed by atoms with Crippen LogP contribution in [0.25, 0.3) is 0 Å². The van der Waals surface area contributed by atoms with Crippen molar-refractivity contribution in [1.29, 1.82) is 0 Å². The van der Waals surface area contributed by atoms with Crippen LogP contribution in [-0.4, -0.2) is 12.6 Å². The Labute approximate surface area is 99.9 Å². The average Bonchev–Trinajstić information content (AvgIpc) is 2.18. The monoisotopic (exact) mass is 271 g/mol. The number of hydrogen-bond acceptors (Lipinski definition) is 2. The van der Waals surface area contributed by atoms with Gasteiger partial charge in [0.15, 0.2) is 0 Å². The molecule has 0 aliphatic heterocycles. The molecule has 15 heavy (non-hydrogen) atoms. The van der Waals surface area contributed by atoms with Gasteiger partial charge in [0.2, 0.25) is 0 Å². The third-order valence-corrected chi connectivity index (χ3v) is 3.09. The van der Waals surface area contributed by atoms with E-state index < -0.39 is 0 Å². The molecule has 0 aliphatic rings. The summed E-state index contributed by atoms with van der Waals surface area (Å²) in [6.07, 6.45) is 0.194. The Morgan fingerprint density at radius 2 is 2.07 bits per heavy atom. The standard InChI is InChI=1S/C12H18BrNO/c1-8(2)15-12(7-14)10-4-5-11(13)9(3)6-10/h4-6,8,12H,7,14H2,1-3H3. The Kier molecular flexibility index (Phi) is 4.77. The Bertz CT molecular complexity index is 325. The third kappa shape index (κ3) is 3.59. The number of aryl methyl sites for hydroxylation is 1. The number of benzene rings is 1. The molecule has 0 aliphatic carbocycles. The number of halogens is 1. The minimum absolute atomic E-state index is 0.00296. The van der Waals surface area contributed by atoms with Crippen LogP contribution in [0.15, 0.2) is 22.7 Å². The molecule has 0 amide bonds. The molecule has 3 heteroatoms. The second kappa shape index (κ2) is 5.64. The molecule has 1 rings (SSSR count). The van der Waals surface area contributed by atoms with Crippen LogP contribution in [0, 0.1) is 6.92 Å². The first-order chi connectivity index (χ1) is 7.04. The molecule has 1 atom stereocenters. The van der Waals surface area contributed by atoms with Crippen molar-refractivity contribution in [1.82, 2.24) is 0 Å². The maximum absolute atomic E-state index is 5.74. The van der Waals surface area contributed by atoms with Crippen LogP contribution in [-0.2, 0) is 4.74 Å². The molecule has 2 nitrogen and oxygen atoms in total. The lowest BCUT2D eigenvalue weighted by Crippen LogP contribution is -2.19. The van der Waals surface area contributed by atoms with Crippen molar-refractivity contribution >= 4 is 15.9 Å². The fourth-order valence-corrected chi connectivity index (χ4v) is 1.71. The molecular weight excluding hydrogens is 254 g/mol. The van der Waals surface area contributed by atoms with Crippen molar-refractivity contribution in [3.63, 3.8) is 0 Å². The summed E-state index contributed by atoms with van der Waals surface area (Å²) in [7, 11) is 0. The van der Waals surface area contributed by atoms with Crippen molar-refractivity contribution in [2.45, 2.75) is 33.0 Å². The van der Waals surface area contributed by atoms with E-state index in [9.17, 15) is 0 Å². The highest BCUT2D eigenvalue weighted by Crippen LogP contribution is 2.23. The molecule has 1 aromatic rings. The number of ether oxygens (including phenoxy) is 1. The van der Waals surface area contributed by atoms with Gasteiger partial charge in [-0.15, -0.1) is 0 Å². The van der Waals surface area contributed by atoms with Gasteiger partial charge in [0, 0.05) is 11.0 Å². The maximum Gasteiger partial charge on any atom is 0.0950 e. The Morgan fingerprint density at radius 1 is 1.40 bits per heavy atom. The first-order valence-electron chi connectivity index (χ1n) is 5.16. The molecule has 1 aromatic carbocycles. The van der Waals surface area contributed by atoms with Crippen molar-refractivity contribution in [2.75, 3.05) is 6.54 Å². The van der Waals surface area contributed by atoms with Crippen LogP contribution >= 0.6 is 15.9 Å². The zero-order valence-corrected chi connectivity index (χ0v) is 11.0. The highest BCUT2D eigenvalue weighted by molar-refractivity contribution is 9.10. The van der Waals surface area contributed by atoms with Crippen LogP contribution in [0.1, 0.15) is 31.1 Å². The quantitative estimate of drug-likeness (QED) is 0.913. The second-order valence-corrected chi connectivity index (χ2v) is 4.77. The fourth-order valence-electron chi connectivity index (χ4n) is 1.47.